The van der Waals surface area contributed by atoms with E-state index in [1.807, 2.05) is 0 Å². The van der Waals surface area contributed by atoms with Gasteiger partial charge in [0.25, 0.3) is 0 Å². The van der Waals surface area contributed by atoms with Crippen LogP contribution in [0.3, 0.4) is 0 Å². The molecule has 234 valence electrons. The van der Waals surface area contributed by atoms with Gasteiger partial charge in [0.1, 0.15) is 10.6 Å². The standard InChI is InChI=1S/C36H52N4O2S/c1-7-39(8-2)22-36(42)12-15-40(16-13-36)14-11-27-28-20-30(35(5,6)33(41)31-25-9-10-29(31)37-21-25)43-34(28)38-32(27)26-18-23(3)17-24(4)19-26/h17-20,25,29,31,37-38,42H,7-16,21-22H2,1-6H3. The molecule has 2 aromatic heterocycles. The Hall–Kier alpha value is -2.03. The predicted octanol–water partition coefficient (Wildman–Crippen LogP) is 6.07. The summed E-state index contributed by atoms with van der Waals surface area (Å²) < 4.78 is 0. The molecule has 43 heavy (non-hydrogen) atoms. The lowest BCUT2D eigenvalue weighted by Gasteiger charge is -2.40. The predicted molar refractivity (Wildman–Crippen MR) is 179 cm³/mol. The largest absolute Gasteiger partial charge is 0.388 e. The Morgan fingerprint density at radius 3 is 2.37 bits per heavy atom. The van der Waals surface area contributed by atoms with Crippen LogP contribution in [0.1, 0.15) is 74.9 Å². The normalized spacial score (nSPS) is 24.0. The molecule has 7 heteroatoms. The first-order valence-corrected chi connectivity index (χ1v) is 17.5. The number of carbonyl (C=O) groups excluding carboxylic acids is 1. The second-order valence-electron chi connectivity index (χ2n) is 14.4. The number of nitrogens with one attached hydrogen (secondary N) is 2. The van der Waals surface area contributed by atoms with Crippen LogP contribution in [-0.2, 0) is 16.6 Å². The summed E-state index contributed by atoms with van der Waals surface area (Å²) in [6, 6.07) is 9.51. The Labute approximate surface area is 262 Å². The fourth-order valence-corrected chi connectivity index (χ4v) is 9.42. The Morgan fingerprint density at radius 1 is 1.09 bits per heavy atom. The second-order valence-corrected chi connectivity index (χ2v) is 15.4. The molecule has 1 aromatic carbocycles. The van der Waals surface area contributed by atoms with Gasteiger partial charge in [-0.15, -0.1) is 11.3 Å². The Kier molecular flexibility index (Phi) is 8.68. The third kappa shape index (κ3) is 6.00. The van der Waals surface area contributed by atoms with Crippen molar-refractivity contribution in [1.29, 1.82) is 0 Å². The summed E-state index contributed by atoms with van der Waals surface area (Å²) in [6.45, 7) is 19.6. The molecule has 6 rings (SSSR count). The summed E-state index contributed by atoms with van der Waals surface area (Å²) in [6.07, 6.45) is 4.91. The number of carbonyl (C=O) groups is 1. The van der Waals surface area contributed by atoms with E-state index in [1.54, 1.807) is 11.3 Å². The molecule has 0 radical (unpaired) electrons. The highest BCUT2D eigenvalue weighted by Crippen LogP contribution is 2.45. The van der Waals surface area contributed by atoms with Crippen molar-refractivity contribution in [3.8, 4) is 11.3 Å². The van der Waals surface area contributed by atoms with Gasteiger partial charge >= 0.3 is 0 Å². The van der Waals surface area contributed by atoms with Gasteiger partial charge in [-0.1, -0.05) is 31.0 Å². The third-order valence-electron chi connectivity index (χ3n) is 11.0. The number of piperidine rings is 2. The molecule has 6 nitrogen and oxygen atoms in total. The number of thiophene rings is 1. The molecular weight excluding hydrogens is 552 g/mol. The third-order valence-corrected chi connectivity index (χ3v) is 12.3. The van der Waals surface area contributed by atoms with Gasteiger partial charge < -0.3 is 25.2 Å². The van der Waals surface area contributed by atoms with Crippen LogP contribution in [0.15, 0.2) is 24.3 Å². The summed E-state index contributed by atoms with van der Waals surface area (Å²) in [5.74, 6) is 1.07. The molecule has 3 N–H and O–H groups in total. The van der Waals surface area contributed by atoms with Crippen molar-refractivity contribution in [2.75, 3.05) is 45.8 Å². The zero-order chi connectivity index (χ0) is 30.5. The minimum atomic E-state index is -0.581. The number of hydrogen-bond donors (Lipinski definition) is 3. The SMILES string of the molecule is CCN(CC)CC1(O)CCN(CCc2c(-c3cc(C)cc(C)c3)[nH]c3sc(C(C)(C)C(=O)C4C5CCC4NC5)cc23)CC1. The van der Waals surface area contributed by atoms with Gasteiger partial charge in [-0.25, -0.2) is 0 Å². The van der Waals surface area contributed by atoms with E-state index in [1.165, 1.54) is 49.5 Å². The number of aryl methyl sites for hydroxylation is 2. The van der Waals surface area contributed by atoms with Crippen LogP contribution in [-0.4, -0.2) is 83.1 Å². The lowest BCUT2D eigenvalue weighted by Crippen LogP contribution is -2.51. The van der Waals surface area contributed by atoms with E-state index in [0.717, 1.165) is 71.5 Å². The van der Waals surface area contributed by atoms with Crippen molar-refractivity contribution in [3.05, 3.63) is 45.8 Å². The molecular formula is C36H52N4O2S. The van der Waals surface area contributed by atoms with Crippen molar-refractivity contribution in [1.82, 2.24) is 20.1 Å². The topological polar surface area (TPSA) is 71.6 Å². The van der Waals surface area contributed by atoms with Crippen molar-refractivity contribution >= 4 is 27.3 Å². The highest BCUT2D eigenvalue weighted by atomic mass is 32.1. The molecule has 3 fully saturated rings. The molecule has 3 unspecified atom stereocenters. The van der Waals surface area contributed by atoms with Crippen molar-refractivity contribution in [2.24, 2.45) is 11.8 Å². The molecule has 3 aromatic rings. The molecule has 1 saturated carbocycles. The van der Waals surface area contributed by atoms with Crippen LogP contribution < -0.4 is 5.32 Å². The summed E-state index contributed by atoms with van der Waals surface area (Å²) >= 11 is 1.78. The summed E-state index contributed by atoms with van der Waals surface area (Å²) in [5.41, 5.74) is 5.29. The van der Waals surface area contributed by atoms with Gasteiger partial charge in [0.05, 0.1) is 16.7 Å². The first kappa shape index (κ1) is 31.0. The molecule has 3 aliphatic rings. The van der Waals surface area contributed by atoms with Crippen molar-refractivity contribution < 1.29 is 9.90 Å². The smallest absolute Gasteiger partial charge is 0.148 e. The average Bonchev–Trinajstić information content (AvgIpc) is 3.75. The van der Waals surface area contributed by atoms with Crippen molar-refractivity contribution in [2.45, 2.75) is 90.7 Å². The van der Waals surface area contributed by atoms with Gasteiger partial charge in [0, 0.05) is 48.4 Å². The van der Waals surface area contributed by atoms with Crippen LogP contribution in [0.2, 0.25) is 0 Å². The number of rotatable bonds is 11. The fraction of sp³-hybridized carbons (Fsp3) is 0.639. The van der Waals surface area contributed by atoms with Crippen LogP contribution in [0.5, 0.6) is 0 Å². The molecule has 3 atom stereocenters. The van der Waals surface area contributed by atoms with E-state index >= 15 is 0 Å². The number of likely N-dealkylation sites (N-methyl/N-ethyl adjacent to an activating group) is 1. The van der Waals surface area contributed by atoms with Crippen LogP contribution in [0.4, 0.5) is 0 Å². The quantitative estimate of drug-likeness (QED) is 0.248. The number of fused-ring (bicyclic) bond motifs is 3. The minimum Gasteiger partial charge on any atom is -0.388 e. The average molecular weight is 605 g/mol. The first-order chi connectivity index (χ1) is 20.5. The van der Waals surface area contributed by atoms with E-state index in [0.29, 0.717) is 17.7 Å². The van der Waals surface area contributed by atoms with Crippen LogP contribution >= 0.6 is 11.3 Å². The summed E-state index contributed by atoms with van der Waals surface area (Å²) in [7, 11) is 0. The highest BCUT2D eigenvalue weighted by Gasteiger charge is 2.50. The lowest BCUT2D eigenvalue weighted by atomic mass is 9.76. The first-order valence-electron chi connectivity index (χ1n) is 16.7. The van der Waals surface area contributed by atoms with Gasteiger partial charge in [0.2, 0.25) is 0 Å². The Balaban J connectivity index is 1.26. The minimum absolute atomic E-state index is 0.153. The van der Waals surface area contributed by atoms with Gasteiger partial charge in [-0.2, -0.15) is 0 Å². The number of H-pyrrole nitrogens is 1. The molecule has 4 heterocycles. The monoisotopic (exact) mass is 604 g/mol. The van der Waals surface area contributed by atoms with E-state index < -0.39 is 11.0 Å². The number of nitrogens with zero attached hydrogens (tertiary/aromatic N) is 2. The lowest BCUT2D eigenvalue weighted by molar-refractivity contribution is -0.128. The van der Waals surface area contributed by atoms with E-state index in [-0.39, 0.29) is 5.92 Å². The number of likely N-dealkylation sites (tertiary alicyclic amines) is 1. The zero-order valence-corrected chi connectivity index (χ0v) is 28.0. The van der Waals surface area contributed by atoms with Crippen LogP contribution in [0.25, 0.3) is 21.5 Å². The molecule has 2 aliphatic heterocycles. The number of aromatic amines is 1. The number of hydrogen-bond acceptors (Lipinski definition) is 6. The Morgan fingerprint density at radius 2 is 1.79 bits per heavy atom. The van der Waals surface area contributed by atoms with Crippen LogP contribution in [0, 0.1) is 25.7 Å². The number of Topliss-reactive ketones (excluding diaryl/α,β-unsaturated/α-hetero) is 1. The molecule has 2 saturated heterocycles. The maximum Gasteiger partial charge on any atom is 0.148 e. The number of benzene rings is 1. The molecule has 2 bridgehead atoms. The maximum atomic E-state index is 14.0. The molecule has 0 spiro atoms. The van der Waals surface area contributed by atoms with Gasteiger partial charge in [-0.3, -0.25) is 4.79 Å². The Bertz CT molecular complexity index is 1420. The van der Waals surface area contributed by atoms with Gasteiger partial charge in [0.15, 0.2) is 0 Å². The fourth-order valence-electron chi connectivity index (χ4n) is 8.23. The number of aromatic nitrogens is 1. The zero-order valence-electron chi connectivity index (χ0n) is 27.2. The second kappa shape index (κ2) is 12.1. The number of aliphatic hydroxyl groups is 1. The highest BCUT2D eigenvalue weighted by molar-refractivity contribution is 7.19. The van der Waals surface area contributed by atoms with E-state index in [4.69, 9.17) is 0 Å². The van der Waals surface area contributed by atoms with E-state index in [2.05, 4.69) is 85.9 Å². The van der Waals surface area contributed by atoms with E-state index in [9.17, 15) is 9.90 Å². The van der Waals surface area contributed by atoms with Gasteiger partial charge in [-0.05, 0) is 115 Å². The number of ketones is 1. The summed E-state index contributed by atoms with van der Waals surface area (Å²) in [5, 5.41) is 16.2. The maximum absolute atomic E-state index is 14.0. The molecule has 1 aliphatic carbocycles. The molecule has 0 amide bonds. The summed E-state index contributed by atoms with van der Waals surface area (Å²) in [4.78, 5) is 25.1. The van der Waals surface area contributed by atoms with Crippen molar-refractivity contribution in [3.63, 3.8) is 0 Å².